The lowest BCUT2D eigenvalue weighted by Gasteiger charge is -2.32. The van der Waals surface area contributed by atoms with E-state index in [2.05, 4.69) is 9.17 Å². The first-order chi connectivity index (χ1) is 16.1. The summed E-state index contributed by atoms with van der Waals surface area (Å²) in [5.74, 6) is -2.20. The Morgan fingerprint density at radius 1 is 1.24 bits per heavy atom. The van der Waals surface area contributed by atoms with Crippen LogP contribution in [-0.4, -0.2) is 68.8 Å². The first-order valence-electron chi connectivity index (χ1n) is 10.4. The second kappa shape index (κ2) is 9.28. The van der Waals surface area contributed by atoms with Gasteiger partial charge in [0, 0.05) is 19.2 Å². The van der Waals surface area contributed by atoms with Gasteiger partial charge in [-0.2, -0.15) is 8.42 Å². The molecule has 182 valence electrons. The molecule has 1 atom stereocenters. The third-order valence-corrected chi connectivity index (χ3v) is 6.89. The van der Waals surface area contributed by atoms with E-state index >= 15 is 8.78 Å². The first kappa shape index (κ1) is 24.0. The van der Waals surface area contributed by atoms with Crippen molar-refractivity contribution in [3.05, 3.63) is 53.4 Å². The van der Waals surface area contributed by atoms with E-state index in [4.69, 9.17) is 9.47 Å². The maximum absolute atomic E-state index is 15.1. The summed E-state index contributed by atoms with van der Waals surface area (Å²) in [4.78, 5) is 17.3. The molecule has 1 amide bonds. The third-order valence-electron chi connectivity index (χ3n) is 5.63. The minimum atomic E-state index is -4.30. The molecule has 3 heterocycles. The number of carbonyl (C=O) groups is 1. The normalized spacial score (nSPS) is 16.7. The summed E-state index contributed by atoms with van der Waals surface area (Å²) in [7, 11) is -2.10. The van der Waals surface area contributed by atoms with Gasteiger partial charge in [0.1, 0.15) is 17.3 Å². The molecule has 0 saturated carbocycles. The van der Waals surface area contributed by atoms with Gasteiger partial charge < -0.3 is 18.8 Å². The minimum absolute atomic E-state index is 0.0146. The van der Waals surface area contributed by atoms with Crippen LogP contribution in [0.15, 0.2) is 35.4 Å². The second-order valence-electron chi connectivity index (χ2n) is 7.84. The molecule has 1 aliphatic heterocycles. The molecular weight excluding hydrogens is 472 g/mol. The van der Waals surface area contributed by atoms with Crippen LogP contribution in [0.25, 0.3) is 16.9 Å². The number of morpholine rings is 1. The quantitative estimate of drug-likeness (QED) is 0.502. The summed E-state index contributed by atoms with van der Waals surface area (Å²) in [5, 5.41) is 0. The summed E-state index contributed by atoms with van der Waals surface area (Å²) in [6.07, 6.45) is 0.947. The predicted octanol–water partition coefficient (Wildman–Crippen LogP) is 2.93. The standard InChI is InChI=1S/C22H23F2N3O6S/c1-13-4-5-27-18(9-14-12-26(6-7-33-14)22(28)31-2)21(25-19(27)8-13)20-16(23)10-15(11-17(20)24)34(29,30)32-3/h4-5,8,10-11,14H,6-7,9,12H2,1-3H3/t14-/m0/s1. The molecular formula is C22H23F2N3O6S. The molecule has 1 aliphatic rings. The molecule has 1 saturated heterocycles. The van der Waals surface area contributed by atoms with E-state index in [1.165, 1.54) is 12.0 Å². The largest absolute Gasteiger partial charge is 0.453 e. The molecule has 0 radical (unpaired) electrons. The number of nitrogens with zero attached hydrogens (tertiary/aromatic N) is 3. The Morgan fingerprint density at radius 3 is 2.59 bits per heavy atom. The van der Waals surface area contributed by atoms with E-state index in [1.807, 2.05) is 13.0 Å². The summed E-state index contributed by atoms with van der Waals surface area (Å²) < 4.78 is 70.8. The average molecular weight is 496 g/mol. The number of fused-ring (bicyclic) bond motifs is 1. The van der Waals surface area contributed by atoms with Crippen molar-refractivity contribution in [1.82, 2.24) is 14.3 Å². The fourth-order valence-electron chi connectivity index (χ4n) is 3.96. The molecule has 9 nitrogen and oxygen atoms in total. The van der Waals surface area contributed by atoms with E-state index in [9.17, 15) is 13.2 Å². The Kier molecular flexibility index (Phi) is 6.56. The van der Waals surface area contributed by atoms with E-state index in [1.54, 1.807) is 16.7 Å². The maximum Gasteiger partial charge on any atom is 0.409 e. The molecule has 12 heteroatoms. The van der Waals surface area contributed by atoms with Crippen LogP contribution in [-0.2, 0) is 30.2 Å². The minimum Gasteiger partial charge on any atom is -0.453 e. The summed E-state index contributed by atoms with van der Waals surface area (Å²) in [5.41, 5.74) is 1.35. The van der Waals surface area contributed by atoms with Crippen LogP contribution in [0.5, 0.6) is 0 Å². The zero-order chi connectivity index (χ0) is 24.6. The highest BCUT2D eigenvalue weighted by Gasteiger charge is 2.30. The molecule has 0 bridgehead atoms. The van der Waals surface area contributed by atoms with Gasteiger partial charge in [-0.25, -0.2) is 18.6 Å². The number of rotatable bonds is 5. The van der Waals surface area contributed by atoms with Crippen LogP contribution in [0.3, 0.4) is 0 Å². The molecule has 2 aromatic heterocycles. The highest BCUT2D eigenvalue weighted by Crippen LogP contribution is 2.33. The van der Waals surface area contributed by atoms with Gasteiger partial charge >= 0.3 is 6.09 Å². The topological polar surface area (TPSA) is 99.4 Å². The predicted molar refractivity (Wildman–Crippen MR) is 117 cm³/mol. The Hall–Kier alpha value is -3.09. The zero-order valence-electron chi connectivity index (χ0n) is 18.7. The monoisotopic (exact) mass is 495 g/mol. The molecule has 0 unspecified atom stereocenters. The molecule has 0 spiro atoms. The van der Waals surface area contributed by atoms with Crippen molar-refractivity contribution >= 4 is 21.9 Å². The van der Waals surface area contributed by atoms with E-state index in [0.29, 0.717) is 30.0 Å². The van der Waals surface area contributed by atoms with Gasteiger partial charge in [0.05, 0.1) is 55.3 Å². The second-order valence-corrected chi connectivity index (χ2v) is 9.55. The van der Waals surface area contributed by atoms with Crippen molar-refractivity contribution in [1.29, 1.82) is 0 Å². The van der Waals surface area contributed by atoms with Crippen molar-refractivity contribution in [3.8, 4) is 11.3 Å². The average Bonchev–Trinajstić information content (AvgIpc) is 3.14. The van der Waals surface area contributed by atoms with Gasteiger partial charge in [-0.15, -0.1) is 0 Å². The number of halogens is 2. The van der Waals surface area contributed by atoms with Gasteiger partial charge in [-0.1, -0.05) is 0 Å². The molecule has 0 N–H and O–H groups in total. The summed E-state index contributed by atoms with van der Waals surface area (Å²) >= 11 is 0. The van der Waals surface area contributed by atoms with Crippen LogP contribution >= 0.6 is 0 Å². The highest BCUT2D eigenvalue weighted by atomic mass is 32.2. The van der Waals surface area contributed by atoms with Crippen LogP contribution in [0, 0.1) is 18.6 Å². The fourth-order valence-corrected chi connectivity index (χ4v) is 4.65. The van der Waals surface area contributed by atoms with Crippen molar-refractivity contribution in [2.45, 2.75) is 24.3 Å². The molecule has 1 fully saturated rings. The smallest absolute Gasteiger partial charge is 0.409 e. The lowest BCUT2D eigenvalue weighted by atomic mass is 10.0. The van der Waals surface area contributed by atoms with E-state index in [0.717, 1.165) is 12.7 Å². The SMILES string of the molecule is COC(=O)N1CCO[C@@H](Cc2c(-c3c(F)cc(S(=O)(=O)OC)cc3F)nc3cc(C)ccn23)C1. The number of benzene rings is 1. The number of pyridine rings is 1. The molecule has 4 rings (SSSR count). The maximum atomic E-state index is 15.1. The summed E-state index contributed by atoms with van der Waals surface area (Å²) in [6, 6.07) is 4.99. The number of methoxy groups -OCH3 is 1. The zero-order valence-corrected chi connectivity index (χ0v) is 19.6. The van der Waals surface area contributed by atoms with Crippen LogP contribution in [0.2, 0.25) is 0 Å². The van der Waals surface area contributed by atoms with Gasteiger partial charge in [0.15, 0.2) is 0 Å². The number of hydrogen-bond acceptors (Lipinski definition) is 7. The van der Waals surface area contributed by atoms with E-state index < -0.39 is 44.4 Å². The number of imidazole rings is 1. The van der Waals surface area contributed by atoms with E-state index in [-0.39, 0.29) is 25.3 Å². The Labute approximate surface area is 195 Å². The number of aryl methyl sites for hydroxylation is 1. The number of hydrogen-bond donors (Lipinski definition) is 0. The molecule has 0 aliphatic carbocycles. The van der Waals surface area contributed by atoms with Gasteiger partial charge in [-0.3, -0.25) is 4.18 Å². The van der Waals surface area contributed by atoms with Crippen LogP contribution in [0.1, 0.15) is 11.3 Å². The highest BCUT2D eigenvalue weighted by molar-refractivity contribution is 7.86. The van der Waals surface area contributed by atoms with Crippen molar-refractivity contribution in [3.63, 3.8) is 0 Å². The summed E-state index contributed by atoms with van der Waals surface area (Å²) in [6.45, 7) is 2.72. The molecule has 34 heavy (non-hydrogen) atoms. The number of aromatic nitrogens is 2. The van der Waals surface area contributed by atoms with Crippen LogP contribution < -0.4 is 0 Å². The Morgan fingerprint density at radius 2 is 1.94 bits per heavy atom. The Balaban J connectivity index is 1.81. The molecule has 1 aromatic carbocycles. The number of amides is 1. The first-order valence-corrected chi connectivity index (χ1v) is 11.8. The third kappa shape index (κ3) is 4.48. The van der Waals surface area contributed by atoms with Gasteiger partial charge in [0.2, 0.25) is 0 Å². The van der Waals surface area contributed by atoms with Gasteiger partial charge in [-0.05, 0) is 36.8 Å². The van der Waals surface area contributed by atoms with Crippen LogP contribution in [0.4, 0.5) is 13.6 Å². The lowest BCUT2D eigenvalue weighted by Crippen LogP contribution is -2.46. The number of ether oxygens (including phenoxy) is 2. The fraction of sp³-hybridized carbons (Fsp3) is 0.364. The lowest BCUT2D eigenvalue weighted by molar-refractivity contribution is -0.0241. The van der Waals surface area contributed by atoms with Crippen molar-refractivity contribution in [2.75, 3.05) is 33.9 Å². The molecule has 3 aromatic rings. The van der Waals surface area contributed by atoms with Crippen molar-refractivity contribution in [2.24, 2.45) is 0 Å². The number of carbonyl (C=O) groups excluding carboxylic acids is 1. The Bertz CT molecular complexity index is 1340. The van der Waals surface area contributed by atoms with Crippen molar-refractivity contribution < 1.29 is 35.6 Å². The van der Waals surface area contributed by atoms with Gasteiger partial charge in [0.25, 0.3) is 10.1 Å².